The normalized spacial score (nSPS) is 11.2. The molecule has 0 saturated carbocycles. The van der Waals surface area contributed by atoms with Gasteiger partial charge in [-0.25, -0.2) is 0 Å². The highest BCUT2D eigenvalue weighted by atomic mass is 32.1. The van der Waals surface area contributed by atoms with Gasteiger partial charge in [-0.2, -0.15) is 0 Å². The van der Waals surface area contributed by atoms with Gasteiger partial charge in [0.15, 0.2) is 5.75 Å². The maximum atomic E-state index is 6.00. The molecule has 0 saturated heterocycles. The van der Waals surface area contributed by atoms with E-state index >= 15 is 0 Å². The van der Waals surface area contributed by atoms with E-state index in [2.05, 4.69) is 31.8 Å². The zero-order valence-corrected chi connectivity index (χ0v) is 12.7. The maximum absolute atomic E-state index is 6.00. The average Bonchev–Trinajstić information content (AvgIpc) is 2.38. The van der Waals surface area contributed by atoms with Crippen LogP contribution in [0.15, 0.2) is 42.7 Å². The maximum Gasteiger partial charge on any atom is 0.155 e. The summed E-state index contributed by atoms with van der Waals surface area (Å²) in [5, 5.41) is 0. The first-order valence-corrected chi connectivity index (χ1v) is 6.81. The topological polar surface area (TPSA) is 48.1 Å². The summed E-state index contributed by atoms with van der Waals surface area (Å²) in [4.78, 5) is 4.38. The molecule has 0 amide bonds. The Bertz CT molecular complexity index is 632. The van der Waals surface area contributed by atoms with E-state index in [9.17, 15) is 0 Å². The van der Waals surface area contributed by atoms with Crippen LogP contribution in [0.5, 0.6) is 11.5 Å². The van der Waals surface area contributed by atoms with Gasteiger partial charge < -0.3 is 10.5 Å². The van der Waals surface area contributed by atoms with E-state index in [1.54, 1.807) is 18.5 Å². The minimum Gasteiger partial charge on any atom is -0.455 e. The highest BCUT2D eigenvalue weighted by molar-refractivity contribution is 7.80. The van der Waals surface area contributed by atoms with Crippen molar-refractivity contribution in [1.82, 2.24) is 4.98 Å². The van der Waals surface area contributed by atoms with Gasteiger partial charge >= 0.3 is 0 Å². The summed E-state index contributed by atoms with van der Waals surface area (Å²) in [6, 6.07) is 9.72. The van der Waals surface area contributed by atoms with E-state index in [4.69, 9.17) is 22.7 Å². The molecule has 1 heterocycles. The molecule has 0 aliphatic carbocycles. The quantitative estimate of drug-likeness (QED) is 0.872. The molecule has 0 fully saturated rings. The molecular formula is C16H18N2OS. The van der Waals surface area contributed by atoms with E-state index in [0.717, 1.165) is 11.3 Å². The Morgan fingerprint density at radius 3 is 2.50 bits per heavy atom. The van der Waals surface area contributed by atoms with Crippen LogP contribution in [-0.2, 0) is 5.41 Å². The number of pyridine rings is 1. The predicted molar refractivity (Wildman–Crippen MR) is 85.3 cm³/mol. The first-order chi connectivity index (χ1) is 9.39. The van der Waals surface area contributed by atoms with Crippen molar-refractivity contribution in [3.05, 3.63) is 53.9 Å². The molecule has 0 bridgehead atoms. The summed E-state index contributed by atoms with van der Waals surface area (Å²) in [6.07, 6.45) is 3.28. The van der Waals surface area contributed by atoms with Crippen molar-refractivity contribution >= 4 is 17.2 Å². The van der Waals surface area contributed by atoms with Crippen LogP contribution in [0.2, 0.25) is 0 Å². The van der Waals surface area contributed by atoms with Gasteiger partial charge in [-0.1, -0.05) is 51.2 Å². The van der Waals surface area contributed by atoms with E-state index in [0.29, 0.717) is 16.3 Å². The van der Waals surface area contributed by atoms with Gasteiger partial charge in [-0.15, -0.1) is 0 Å². The van der Waals surface area contributed by atoms with Gasteiger partial charge in [-0.3, -0.25) is 4.98 Å². The minimum atomic E-state index is -0.0117. The largest absolute Gasteiger partial charge is 0.455 e. The van der Waals surface area contributed by atoms with Crippen molar-refractivity contribution in [2.75, 3.05) is 0 Å². The van der Waals surface area contributed by atoms with Gasteiger partial charge in [0.2, 0.25) is 0 Å². The Labute approximate surface area is 124 Å². The summed E-state index contributed by atoms with van der Waals surface area (Å²) in [5.41, 5.74) is 7.52. The van der Waals surface area contributed by atoms with Crippen molar-refractivity contribution in [2.45, 2.75) is 26.2 Å². The summed E-state index contributed by atoms with van der Waals surface area (Å²) in [6.45, 7) is 6.44. The van der Waals surface area contributed by atoms with Crippen LogP contribution in [-0.4, -0.2) is 9.97 Å². The molecule has 0 radical (unpaired) electrons. The zero-order valence-electron chi connectivity index (χ0n) is 11.9. The van der Waals surface area contributed by atoms with Crippen LogP contribution >= 0.6 is 12.2 Å². The first kappa shape index (κ1) is 14.5. The monoisotopic (exact) mass is 286 g/mol. The Hall–Kier alpha value is -1.94. The number of hydrogen-bond donors (Lipinski definition) is 1. The molecule has 0 aliphatic heterocycles. The second-order valence-electron chi connectivity index (χ2n) is 5.58. The predicted octanol–water partition coefficient (Wildman–Crippen LogP) is 3.81. The second kappa shape index (κ2) is 5.59. The third-order valence-electron chi connectivity index (χ3n) is 2.96. The van der Waals surface area contributed by atoms with Gasteiger partial charge in [0, 0.05) is 11.8 Å². The lowest BCUT2D eigenvalue weighted by Gasteiger charge is -2.23. The third kappa shape index (κ3) is 3.14. The number of nitrogens with two attached hydrogens (primary N) is 1. The fourth-order valence-electron chi connectivity index (χ4n) is 1.96. The fraction of sp³-hybridized carbons (Fsp3) is 0.250. The summed E-state index contributed by atoms with van der Waals surface area (Å²) >= 11 is 5.04. The van der Waals surface area contributed by atoms with Crippen molar-refractivity contribution in [3.63, 3.8) is 0 Å². The summed E-state index contributed by atoms with van der Waals surface area (Å²) < 4.78 is 6.00. The summed E-state index contributed by atoms with van der Waals surface area (Å²) in [7, 11) is 0. The molecule has 0 spiro atoms. The molecule has 0 atom stereocenters. The van der Waals surface area contributed by atoms with Gasteiger partial charge in [0.1, 0.15) is 10.7 Å². The third-order valence-corrected chi connectivity index (χ3v) is 3.18. The molecule has 20 heavy (non-hydrogen) atoms. The van der Waals surface area contributed by atoms with Crippen LogP contribution in [0.25, 0.3) is 0 Å². The lowest BCUT2D eigenvalue weighted by atomic mass is 9.86. The lowest BCUT2D eigenvalue weighted by molar-refractivity contribution is 0.453. The molecule has 4 heteroatoms. The van der Waals surface area contributed by atoms with E-state index in [-0.39, 0.29) is 5.41 Å². The highest BCUT2D eigenvalue weighted by Crippen LogP contribution is 2.34. The number of nitrogens with zero attached hydrogens (tertiary/aromatic N) is 1. The first-order valence-electron chi connectivity index (χ1n) is 6.41. The van der Waals surface area contributed by atoms with E-state index in [1.807, 2.05) is 18.2 Å². The highest BCUT2D eigenvalue weighted by Gasteiger charge is 2.19. The molecule has 104 valence electrons. The van der Waals surface area contributed by atoms with Crippen LogP contribution < -0.4 is 10.5 Å². The smallest absolute Gasteiger partial charge is 0.155 e. The number of thiocarbonyl (C=S) groups is 1. The molecule has 0 unspecified atom stereocenters. The second-order valence-corrected chi connectivity index (χ2v) is 6.02. The van der Waals surface area contributed by atoms with E-state index in [1.165, 1.54) is 0 Å². The Morgan fingerprint density at radius 1 is 1.15 bits per heavy atom. The number of rotatable bonds is 3. The van der Waals surface area contributed by atoms with Crippen molar-refractivity contribution in [3.8, 4) is 11.5 Å². The van der Waals surface area contributed by atoms with Crippen LogP contribution in [0.3, 0.4) is 0 Å². The Kier molecular flexibility index (Phi) is 4.04. The number of hydrogen-bond acceptors (Lipinski definition) is 3. The number of ether oxygens (including phenoxy) is 1. The van der Waals surface area contributed by atoms with Gasteiger partial charge in [0.25, 0.3) is 0 Å². The minimum absolute atomic E-state index is 0.0117. The molecule has 3 nitrogen and oxygen atoms in total. The molecule has 2 N–H and O–H groups in total. The molecule has 0 aliphatic rings. The molecule has 2 aromatic rings. The Balaban J connectivity index is 2.44. The van der Waals surface area contributed by atoms with Crippen molar-refractivity contribution in [1.29, 1.82) is 0 Å². The SMILES string of the molecule is CC(C)(C)c1ccccc1Oc1cnccc1C(N)=S. The Morgan fingerprint density at radius 2 is 1.85 bits per heavy atom. The lowest BCUT2D eigenvalue weighted by Crippen LogP contribution is -2.14. The molecule has 2 rings (SSSR count). The van der Waals surface area contributed by atoms with Crippen molar-refractivity contribution < 1.29 is 4.74 Å². The number of para-hydroxylation sites is 1. The van der Waals surface area contributed by atoms with E-state index < -0.39 is 0 Å². The zero-order chi connectivity index (χ0) is 14.8. The summed E-state index contributed by atoms with van der Waals surface area (Å²) in [5.74, 6) is 1.38. The average molecular weight is 286 g/mol. The number of benzene rings is 1. The standard InChI is InChI=1S/C16H18N2OS/c1-16(2,3)12-6-4-5-7-13(12)19-14-10-18-9-8-11(14)15(17)20/h4-10H,1-3H3,(H2,17,20). The molecule has 1 aromatic heterocycles. The molecule has 1 aromatic carbocycles. The van der Waals surface area contributed by atoms with Crippen LogP contribution in [0.4, 0.5) is 0 Å². The fourth-order valence-corrected chi connectivity index (χ4v) is 2.13. The molecular weight excluding hydrogens is 268 g/mol. The van der Waals surface area contributed by atoms with Gasteiger partial charge in [-0.05, 0) is 17.5 Å². The van der Waals surface area contributed by atoms with Gasteiger partial charge in [0.05, 0.1) is 11.8 Å². The number of aromatic nitrogens is 1. The van der Waals surface area contributed by atoms with Crippen molar-refractivity contribution in [2.24, 2.45) is 5.73 Å². The van der Waals surface area contributed by atoms with Crippen LogP contribution in [0.1, 0.15) is 31.9 Å². The van der Waals surface area contributed by atoms with Crippen LogP contribution in [0, 0.1) is 0 Å².